The van der Waals surface area contributed by atoms with Crippen LogP contribution in [0.5, 0.6) is 11.6 Å². The number of hydrogen-bond acceptors (Lipinski definition) is 5. The van der Waals surface area contributed by atoms with E-state index in [1.165, 1.54) is 0 Å². The lowest BCUT2D eigenvalue weighted by Crippen LogP contribution is -1.93. The first-order chi connectivity index (χ1) is 10.1. The zero-order valence-corrected chi connectivity index (χ0v) is 12.2. The number of pyridine rings is 1. The fourth-order valence-electron chi connectivity index (χ4n) is 2.04. The number of nitrogen functional groups attached to an aromatic ring is 1. The first kappa shape index (κ1) is 13.5. The third-order valence-electron chi connectivity index (χ3n) is 3.10. The van der Waals surface area contributed by atoms with Gasteiger partial charge in [0.15, 0.2) is 5.65 Å². The van der Waals surface area contributed by atoms with E-state index in [1.807, 2.05) is 6.07 Å². The van der Waals surface area contributed by atoms with E-state index in [0.717, 1.165) is 5.52 Å². The Morgan fingerprint density at radius 1 is 1.14 bits per heavy atom. The molecule has 0 atom stereocenters. The van der Waals surface area contributed by atoms with Crippen LogP contribution in [0, 0.1) is 0 Å². The summed E-state index contributed by atoms with van der Waals surface area (Å²) in [6.07, 6.45) is 0. The zero-order chi connectivity index (χ0) is 15.0. The van der Waals surface area contributed by atoms with E-state index in [0.29, 0.717) is 39.4 Å². The molecule has 3 rings (SSSR count). The second kappa shape index (κ2) is 5.14. The highest BCUT2D eigenvalue weighted by Gasteiger charge is 2.14. The van der Waals surface area contributed by atoms with E-state index >= 15 is 0 Å². The Morgan fingerprint density at radius 2 is 1.95 bits per heavy atom. The van der Waals surface area contributed by atoms with Gasteiger partial charge in [-0.2, -0.15) is 4.98 Å². The number of nitrogens with two attached hydrogens (primary N) is 1. The van der Waals surface area contributed by atoms with E-state index in [4.69, 9.17) is 26.8 Å². The summed E-state index contributed by atoms with van der Waals surface area (Å²) in [6, 6.07) is 6.99. The van der Waals surface area contributed by atoms with Gasteiger partial charge in [0.2, 0.25) is 5.88 Å². The number of H-pyrrole nitrogens is 1. The molecule has 1 aromatic carbocycles. The van der Waals surface area contributed by atoms with Crippen molar-refractivity contribution in [2.45, 2.75) is 0 Å². The van der Waals surface area contributed by atoms with Gasteiger partial charge < -0.3 is 20.2 Å². The maximum absolute atomic E-state index is 6.08. The predicted octanol–water partition coefficient (Wildman–Crippen LogP) is 2.88. The predicted molar refractivity (Wildman–Crippen MR) is 81.9 cm³/mol. The highest BCUT2D eigenvalue weighted by Crippen LogP contribution is 2.35. The number of imidazole rings is 1. The van der Waals surface area contributed by atoms with Crippen molar-refractivity contribution in [1.82, 2.24) is 15.0 Å². The van der Waals surface area contributed by atoms with Crippen LogP contribution in [0.2, 0.25) is 5.02 Å². The van der Waals surface area contributed by atoms with Gasteiger partial charge in [0.25, 0.3) is 0 Å². The molecule has 3 aromatic rings. The average molecular weight is 305 g/mol. The number of methoxy groups -OCH3 is 2. The minimum atomic E-state index is 0.441. The number of nitrogens with zero attached hydrogens (tertiary/aromatic N) is 2. The number of halogens is 1. The van der Waals surface area contributed by atoms with E-state index in [9.17, 15) is 0 Å². The molecular formula is C14H13ClN4O2. The van der Waals surface area contributed by atoms with Crippen LogP contribution in [0.3, 0.4) is 0 Å². The molecule has 0 fully saturated rings. The van der Waals surface area contributed by atoms with Gasteiger partial charge in [-0.3, -0.25) is 0 Å². The summed E-state index contributed by atoms with van der Waals surface area (Å²) < 4.78 is 10.4. The number of aromatic amines is 1. The van der Waals surface area contributed by atoms with E-state index in [2.05, 4.69) is 15.0 Å². The standard InChI is InChI=1S/C14H13ClN4O2/c1-20-11-6-9(16)8(15)5-7(11)13-17-10-3-4-12(21-2)18-14(10)19-13/h3-6H,16H2,1-2H3,(H,17,18,19). The summed E-state index contributed by atoms with van der Waals surface area (Å²) in [5.74, 6) is 1.69. The first-order valence-corrected chi connectivity index (χ1v) is 6.54. The fourth-order valence-corrected chi connectivity index (χ4v) is 2.20. The summed E-state index contributed by atoms with van der Waals surface area (Å²) in [5, 5.41) is 0.441. The normalized spacial score (nSPS) is 10.8. The number of ether oxygens (including phenoxy) is 2. The quantitative estimate of drug-likeness (QED) is 0.727. The van der Waals surface area contributed by atoms with Crippen molar-refractivity contribution in [3.05, 3.63) is 29.3 Å². The van der Waals surface area contributed by atoms with E-state index in [1.54, 1.807) is 32.4 Å². The molecule has 0 bridgehead atoms. The molecule has 0 aliphatic rings. The Hall–Kier alpha value is -2.47. The van der Waals surface area contributed by atoms with Gasteiger partial charge in [-0.15, -0.1) is 0 Å². The second-order valence-corrected chi connectivity index (χ2v) is 4.79. The second-order valence-electron chi connectivity index (χ2n) is 4.38. The van der Waals surface area contributed by atoms with Crippen LogP contribution in [-0.4, -0.2) is 29.2 Å². The number of rotatable bonds is 3. The molecule has 0 saturated heterocycles. The van der Waals surface area contributed by atoms with Gasteiger partial charge >= 0.3 is 0 Å². The maximum atomic E-state index is 6.08. The number of aromatic nitrogens is 3. The van der Waals surface area contributed by atoms with Crippen molar-refractivity contribution in [2.24, 2.45) is 0 Å². The minimum Gasteiger partial charge on any atom is -0.496 e. The van der Waals surface area contributed by atoms with Crippen molar-refractivity contribution in [3.63, 3.8) is 0 Å². The monoisotopic (exact) mass is 304 g/mol. The van der Waals surface area contributed by atoms with Crippen molar-refractivity contribution < 1.29 is 9.47 Å². The number of anilines is 1. The van der Waals surface area contributed by atoms with Gasteiger partial charge in [-0.25, -0.2) is 4.98 Å². The molecule has 21 heavy (non-hydrogen) atoms. The van der Waals surface area contributed by atoms with Crippen LogP contribution in [0.15, 0.2) is 24.3 Å². The molecule has 6 nitrogen and oxygen atoms in total. The summed E-state index contributed by atoms with van der Waals surface area (Å²) in [6.45, 7) is 0. The van der Waals surface area contributed by atoms with Crippen LogP contribution < -0.4 is 15.2 Å². The lowest BCUT2D eigenvalue weighted by atomic mass is 10.1. The Morgan fingerprint density at radius 3 is 2.67 bits per heavy atom. The van der Waals surface area contributed by atoms with Crippen LogP contribution in [0.25, 0.3) is 22.6 Å². The van der Waals surface area contributed by atoms with E-state index in [-0.39, 0.29) is 0 Å². The number of fused-ring (bicyclic) bond motifs is 1. The molecule has 0 radical (unpaired) electrons. The maximum Gasteiger partial charge on any atom is 0.215 e. The highest BCUT2D eigenvalue weighted by molar-refractivity contribution is 6.33. The molecule has 0 amide bonds. The molecule has 0 unspecified atom stereocenters. The molecule has 2 heterocycles. The number of hydrogen-bond donors (Lipinski definition) is 2. The molecular weight excluding hydrogens is 292 g/mol. The number of nitrogens with one attached hydrogen (secondary N) is 1. The smallest absolute Gasteiger partial charge is 0.215 e. The minimum absolute atomic E-state index is 0.441. The fraction of sp³-hybridized carbons (Fsp3) is 0.143. The number of benzene rings is 1. The van der Waals surface area contributed by atoms with Gasteiger partial charge in [0.05, 0.1) is 36.0 Å². The Kier molecular flexibility index (Phi) is 3.31. The molecule has 0 saturated carbocycles. The molecule has 0 aliphatic carbocycles. The van der Waals surface area contributed by atoms with E-state index < -0.39 is 0 Å². The lowest BCUT2D eigenvalue weighted by molar-refractivity contribution is 0.399. The SMILES string of the molecule is COc1ccc2[nH]c(-c3cc(Cl)c(N)cc3OC)nc2n1. The topological polar surface area (TPSA) is 86.0 Å². The zero-order valence-electron chi connectivity index (χ0n) is 11.5. The largest absolute Gasteiger partial charge is 0.496 e. The van der Waals surface area contributed by atoms with Gasteiger partial charge in [0.1, 0.15) is 11.6 Å². The van der Waals surface area contributed by atoms with Crippen LogP contribution in [0.4, 0.5) is 5.69 Å². The van der Waals surface area contributed by atoms with Gasteiger partial charge in [0, 0.05) is 12.1 Å². The third kappa shape index (κ3) is 2.34. The highest BCUT2D eigenvalue weighted by atomic mass is 35.5. The summed E-state index contributed by atoms with van der Waals surface area (Å²) in [7, 11) is 3.13. The van der Waals surface area contributed by atoms with Gasteiger partial charge in [-0.1, -0.05) is 11.6 Å². The third-order valence-corrected chi connectivity index (χ3v) is 3.43. The molecule has 7 heteroatoms. The van der Waals surface area contributed by atoms with Crippen LogP contribution >= 0.6 is 11.6 Å². The Balaban J connectivity index is 2.18. The molecule has 3 N–H and O–H groups in total. The summed E-state index contributed by atoms with van der Waals surface area (Å²) in [5.41, 5.74) is 8.30. The molecule has 2 aromatic heterocycles. The molecule has 108 valence electrons. The Bertz CT molecular complexity index is 816. The summed E-state index contributed by atoms with van der Waals surface area (Å²) in [4.78, 5) is 11.9. The van der Waals surface area contributed by atoms with Crippen molar-refractivity contribution in [2.75, 3.05) is 20.0 Å². The molecule has 0 aliphatic heterocycles. The summed E-state index contributed by atoms with van der Waals surface area (Å²) >= 11 is 6.08. The first-order valence-electron chi connectivity index (χ1n) is 6.16. The van der Waals surface area contributed by atoms with Gasteiger partial charge in [-0.05, 0) is 12.1 Å². The lowest BCUT2D eigenvalue weighted by Gasteiger charge is -2.08. The van der Waals surface area contributed by atoms with Crippen LogP contribution in [0.1, 0.15) is 0 Å². The molecule has 0 spiro atoms. The van der Waals surface area contributed by atoms with Crippen molar-refractivity contribution in [3.8, 4) is 23.0 Å². The van der Waals surface area contributed by atoms with Crippen molar-refractivity contribution >= 4 is 28.5 Å². The Labute approximate surface area is 125 Å². The van der Waals surface area contributed by atoms with Crippen LogP contribution in [-0.2, 0) is 0 Å². The van der Waals surface area contributed by atoms with Crippen molar-refractivity contribution in [1.29, 1.82) is 0 Å². The average Bonchev–Trinajstić information content (AvgIpc) is 2.92.